The van der Waals surface area contributed by atoms with Gasteiger partial charge in [0, 0.05) is 15.6 Å². The molecule has 7 heteroatoms. The number of ether oxygens (including phenoxy) is 1. The minimum atomic E-state index is -0.210. The van der Waals surface area contributed by atoms with E-state index in [1.54, 1.807) is 24.3 Å². The normalized spacial score (nSPS) is 16.1. The van der Waals surface area contributed by atoms with Gasteiger partial charge in [-0.1, -0.05) is 53.5 Å². The summed E-state index contributed by atoms with van der Waals surface area (Å²) in [6.07, 6.45) is 1.76. The summed E-state index contributed by atoms with van der Waals surface area (Å²) in [7, 11) is 0. The zero-order chi connectivity index (χ0) is 20.9. The van der Waals surface area contributed by atoms with Crippen molar-refractivity contribution < 1.29 is 9.53 Å². The van der Waals surface area contributed by atoms with E-state index in [4.69, 9.17) is 27.9 Å². The summed E-state index contributed by atoms with van der Waals surface area (Å²) in [4.78, 5) is 17.4. The van der Waals surface area contributed by atoms with E-state index in [1.807, 2.05) is 54.6 Å². The lowest BCUT2D eigenvalue weighted by molar-refractivity contribution is -0.115. The Morgan fingerprint density at radius 1 is 0.967 bits per heavy atom. The zero-order valence-electron chi connectivity index (χ0n) is 15.6. The van der Waals surface area contributed by atoms with Crippen LogP contribution >= 0.6 is 35.0 Å². The number of halogens is 2. The van der Waals surface area contributed by atoms with Crippen LogP contribution in [0.4, 0.5) is 5.69 Å². The Morgan fingerprint density at radius 3 is 2.47 bits per heavy atom. The van der Waals surface area contributed by atoms with E-state index < -0.39 is 0 Å². The fourth-order valence-electron chi connectivity index (χ4n) is 2.75. The second-order valence-electron chi connectivity index (χ2n) is 6.41. The lowest BCUT2D eigenvalue weighted by Gasteiger charge is -2.10. The summed E-state index contributed by atoms with van der Waals surface area (Å²) < 4.78 is 5.97. The number of amidine groups is 1. The maximum atomic E-state index is 12.4. The van der Waals surface area contributed by atoms with Crippen LogP contribution in [0.3, 0.4) is 0 Å². The van der Waals surface area contributed by atoms with Gasteiger partial charge in [-0.05, 0) is 65.9 Å². The van der Waals surface area contributed by atoms with Gasteiger partial charge in [-0.3, -0.25) is 4.79 Å². The molecule has 1 aliphatic rings. The number of carbonyl (C=O) groups is 1. The molecule has 30 heavy (non-hydrogen) atoms. The Kier molecular flexibility index (Phi) is 6.43. The van der Waals surface area contributed by atoms with Gasteiger partial charge in [0.05, 0.1) is 10.6 Å². The monoisotopic (exact) mass is 454 g/mol. The van der Waals surface area contributed by atoms with E-state index in [9.17, 15) is 4.79 Å². The van der Waals surface area contributed by atoms with E-state index in [0.29, 0.717) is 32.5 Å². The van der Waals surface area contributed by atoms with Gasteiger partial charge in [0.25, 0.3) is 5.91 Å². The third kappa shape index (κ3) is 5.25. The van der Waals surface area contributed by atoms with Crippen LogP contribution in [0.2, 0.25) is 10.0 Å². The van der Waals surface area contributed by atoms with Gasteiger partial charge in [-0.25, -0.2) is 4.99 Å². The summed E-state index contributed by atoms with van der Waals surface area (Å²) in [5, 5.41) is 4.55. The van der Waals surface area contributed by atoms with Crippen molar-refractivity contribution in [3.8, 4) is 5.75 Å². The summed E-state index contributed by atoms with van der Waals surface area (Å²) in [5.74, 6) is 0.419. The lowest BCUT2D eigenvalue weighted by Crippen LogP contribution is -2.19. The fraction of sp³-hybridized carbons (Fsp3) is 0.0435. The van der Waals surface area contributed by atoms with Gasteiger partial charge in [-0.15, -0.1) is 0 Å². The van der Waals surface area contributed by atoms with Gasteiger partial charge in [-0.2, -0.15) is 0 Å². The van der Waals surface area contributed by atoms with Crippen molar-refractivity contribution in [1.29, 1.82) is 0 Å². The summed E-state index contributed by atoms with van der Waals surface area (Å²) in [5.41, 5.74) is 2.48. The number of benzene rings is 3. The molecule has 0 aromatic heterocycles. The Labute approximate surface area is 188 Å². The molecule has 0 bridgehead atoms. The molecule has 1 amide bonds. The number of hydrogen-bond donors (Lipinski definition) is 1. The van der Waals surface area contributed by atoms with Gasteiger partial charge in [0.2, 0.25) is 0 Å². The number of rotatable bonds is 5. The van der Waals surface area contributed by atoms with E-state index in [0.717, 1.165) is 16.8 Å². The molecule has 1 aliphatic heterocycles. The number of nitrogens with one attached hydrogen (secondary N) is 1. The van der Waals surface area contributed by atoms with Crippen molar-refractivity contribution in [2.45, 2.75) is 6.61 Å². The highest BCUT2D eigenvalue weighted by atomic mass is 35.5. The first-order chi connectivity index (χ1) is 14.6. The number of hydrogen-bond acceptors (Lipinski definition) is 4. The van der Waals surface area contributed by atoms with Crippen molar-refractivity contribution in [3.05, 3.63) is 98.9 Å². The highest BCUT2D eigenvalue weighted by molar-refractivity contribution is 8.18. The van der Waals surface area contributed by atoms with Gasteiger partial charge >= 0.3 is 0 Å². The second kappa shape index (κ2) is 9.39. The molecular formula is C23H16Cl2N2O2S. The molecule has 1 fully saturated rings. The van der Waals surface area contributed by atoms with Crippen LogP contribution in [0.5, 0.6) is 5.75 Å². The maximum Gasteiger partial charge on any atom is 0.264 e. The second-order valence-corrected chi connectivity index (χ2v) is 8.32. The molecule has 0 spiro atoms. The van der Waals surface area contributed by atoms with E-state index in [1.165, 1.54) is 11.8 Å². The van der Waals surface area contributed by atoms with Crippen LogP contribution in [0.1, 0.15) is 11.1 Å². The maximum absolute atomic E-state index is 12.4. The minimum Gasteiger partial charge on any atom is -0.488 e. The molecule has 1 saturated heterocycles. The smallest absolute Gasteiger partial charge is 0.264 e. The zero-order valence-corrected chi connectivity index (χ0v) is 18.0. The largest absolute Gasteiger partial charge is 0.488 e. The first kappa shape index (κ1) is 20.5. The van der Waals surface area contributed by atoms with Crippen molar-refractivity contribution in [2.75, 3.05) is 0 Å². The quantitative estimate of drug-likeness (QED) is 0.449. The van der Waals surface area contributed by atoms with Crippen LogP contribution in [0, 0.1) is 0 Å². The van der Waals surface area contributed by atoms with Crippen molar-refractivity contribution in [3.63, 3.8) is 0 Å². The van der Waals surface area contributed by atoms with Crippen LogP contribution in [0.15, 0.2) is 82.7 Å². The van der Waals surface area contributed by atoms with Crippen molar-refractivity contribution in [2.24, 2.45) is 4.99 Å². The molecule has 0 aliphatic carbocycles. The number of aliphatic imine (C=N–C) groups is 1. The highest BCUT2D eigenvalue weighted by Crippen LogP contribution is 2.32. The third-order valence-corrected chi connectivity index (χ3v) is 5.60. The van der Waals surface area contributed by atoms with Crippen molar-refractivity contribution >= 4 is 57.8 Å². The Hall–Kier alpha value is -2.73. The van der Waals surface area contributed by atoms with Crippen molar-refractivity contribution in [1.82, 2.24) is 5.32 Å². The SMILES string of the molecule is O=C1NC(=Nc2ccccc2)S/C1=C\c1cc(Cl)ccc1OCc1ccc(Cl)cc1. The summed E-state index contributed by atoms with van der Waals surface area (Å²) >= 11 is 13.4. The van der Waals surface area contributed by atoms with Gasteiger partial charge in [0.1, 0.15) is 12.4 Å². The molecule has 0 atom stereocenters. The predicted octanol–water partition coefficient (Wildman–Crippen LogP) is 6.46. The molecule has 4 nitrogen and oxygen atoms in total. The standard InChI is InChI=1S/C23H16Cl2N2O2S/c24-17-8-6-15(7-9-17)14-29-20-11-10-18(25)12-16(20)13-21-22(28)27-23(30-21)26-19-4-2-1-3-5-19/h1-13H,14H2,(H,26,27,28)/b21-13-. The molecular weight excluding hydrogens is 439 g/mol. The molecule has 1 N–H and O–H groups in total. The van der Waals surface area contributed by atoms with Crippen LogP contribution < -0.4 is 10.1 Å². The van der Waals surface area contributed by atoms with E-state index in [2.05, 4.69) is 10.3 Å². The number of amides is 1. The topological polar surface area (TPSA) is 50.7 Å². The molecule has 150 valence electrons. The number of thioether (sulfide) groups is 1. The van der Waals surface area contributed by atoms with Crippen LogP contribution in [0.25, 0.3) is 6.08 Å². The third-order valence-electron chi connectivity index (χ3n) is 4.20. The number of carbonyl (C=O) groups excluding carboxylic acids is 1. The van der Waals surface area contributed by atoms with Gasteiger partial charge < -0.3 is 10.1 Å². The predicted molar refractivity (Wildman–Crippen MR) is 124 cm³/mol. The number of para-hydroxylation sites is 1. The molecule has 0 unspecified atom stereocenters. The van der Waals surface area contributed by atoms with Crippen LogP contribution in [-0.2, 0) is 11.4 Å². The fourth-order valence-corrected chi connectivity index (χ4v) is 3.89. The van der Waals surface area contributed by atoms with Crippen LogP contribution in [-0.4, -0.2) is 11.1 Å². The molecule has 1 heterocycles. The average molecular weight is 455 g/mol. The van der Waals surface area contributed by atoms with E-state index >= 15 is 0 Å². The highest BCUT2D eigenvalue weighted by Gasteiger charge is 2.24. The summed E-state index contributed by atoms with van der Waals surface area (Å²) in [6.45, 7) is 0.370. The first-order valence-corrected chi connectivity index (χ1v) is 10.7. The molecule has 0 radical (unpaired) electrons. The Bertz CT molecular complexity index is 1130. The Morgan fingerprint density at radius 2 is 1.70 bits per heavy atom. The van der Waals surface area contributed by atoms with Gasteiger partial charge in [0.15, 0.2) is 5.17 Å². The first-order valence-electron chi connectivity index (χ1n) is 9.08. The number of nitrogens with zero attached hydrogens (tertiary/aromatic N) is 1. The van der Waals surface area contributed by atoms with E-state index in [-0.39, 0.29) is 5.91 Å². The molecule has 0 saturated carbocycles. The lowest BCUT2D eigenvalue weighted by atomic mass is 10.1. The molecule has 3 aromatic rings. The summed E-state index contributed by atoms with van der Waals surface area (Å²) in [6, 6.07) is 22.2. The Balaban J connectivity index is 1.55. The average Bonchev–Trinajstić information content (AvgIpc) is 3.08. The minimum absolute atomic E-state index is 0.210. The molecule has 3 aromatic carbocycles. The molecule has 4 rings (SSSR count).